The Bertz CT molecular complexity index is 1090. The van der Waals surface area contributed by atoms with Gasteiger partial charge in [-0.25, -0.2) is 9.78 Å². The van der Waals surface area contributed by atoms with Crippen LogP contribution in [0.1, 0.15) is 25.5 Å². The summed E-state index contributed by atoms with van der Waals surface area (Å²) in [5, 5.41) is 0. The molecule has 3 rings (SSSR count). The van der Waals surface area contributed by atoms with E-state index in [4.69, 9.17) is 0 Å². The van der Waals surface area contributed by atoms with E-state index >= 15 is 0 Å². The molecule has 0 saturated heterocycles. The van der Waals surface area contributed by atoms with Crippen molar-refractivity contribution >= 4 is 17.1 Å². The third-order valence-corrected chi connectivity index (χ3v) is 4.88. The molecule has 1 atom stereocenters. The Labute approximate surface area is 156 Å². The second-order valence-corrected chi connectivity index (χ2v) is 6.35. The molecule has 8 nitrogen and oxygen atoms in total. The van der Waals surface area contributed by atoms with Crippen LogP contribution in [0.5, 0.6) is 0 Å². The molecule has 3 aromatic rings. The fourth-order valence-corrected chi connectivity index (χ4v) is 3.33. The minimum Gasteiger partial charge on any atom is -0.341 e. The van der Waals surface area contributed by atoms with Gasteiger partial charge in [-0.2, -0.15) is 0 Å². The van der Waals surface area contributed by atoms with Crippen molar-refractivity contribution in [3.8, 4) is 0 Å². The van der Waals surface area contributed by atoms with Crippen molar-refractivity contribution in [2.24, 2.45) is 14.1 Å². The van der Waals surface area contributed by atoms with Crippen LogP contribution in [0.2, 0.25) is 0 Å². The van der Waals surface area contributed by atoms with E-state index in [2.05, 4.69) is 4.98 Å². The molecule has 0 aliphatic heterocycles. The summed E-state index contributed by atoms with van der Waals surface area (Å²) in [6.45, 7) is 4.94. The molecule has 0 aliphatic rings. The Morgan fingerprint density at radius 1 is 1.07 bits per heavy atom. The topological polar surface area (TPSA) is 82.1 Å². The number of aryl methyl sites for hydroxylation is 1. The summed E-state index contributed by atoms with van der Waals surface area (Å²) >= 11 is 0. The Hall–Kier alpha value is -3.16. The van der Waals surface area contributed by atoms with E-state index in [0.717, 1.165) is 10.1 Å². The zero-order valence-corrected chi connectivity index (χ0v) is 15.9. The molecule has 1 amide bonds. The zero-order chi connectivity index (χ0) is 19.7. The van der Waals surface area contributed by atoms with Gasteiger partial charge in [-0.3, -0.25) is 18.7 Å². The molecular weight excluding hydrogens is 346 g/mol. The molecule has 2 aromatic heterocycles. The summed E-state index contributed by atoms with van der Waals surface area (Å²) in [6, 6.07) is 8.54. The monoisotopic (exact) mass is 369 g/mol. The van der Waals surface area contributed by atoms with Gasteiger partial charge in [0.25, 0.3) is 5.56 Å². The lowest BCUT2D eigenvalue weighted by Crippen LogP contribution is -2.40. The summed E-state index contributed by atoms with van der Waals surface area (Å²) in [4.78, 5) is 44.3. The first-order valence-corrected chi connectivity index (χ1v) is 8.88. The van der Waals surface area contributed by atoms with Gasteiger partial charge in [0, 0.05) is 27.2 Å². The maximum Gasteiger partial charge on any atom is 0.332 e. The maximum atomic E-state index is 13.3. The number of aromatic nitrogens is 4. The summed E-state index contributed by atoms with van der Waals surface area (Å²) in [7, 11) is 2.98. The normalized spacial score (nSPS) is 12.3. The lowest BCUT2D eigenvalue weighted by atomic mass is 10.0. The third-order valence-electron chi connectivity index (χ3n) is 4.88. The molecule has 0 radical (unpaired) electrons. The Kier molecular flexibility index (Phi) is 4.98. The highest BCUT2D eigenvalue weighted by molar-refractivity contribution is 5.86. The predicted molar refractivity (Wildman–Crippen MR) is 103 cm³/mol. The summed E-state index contributed by atoms with van der Waals surface area (Å²) in [5.74, 6) is -0.124. The first-order valence-electron chi connectivity index (χ1n) is 8.88. The third kappa shape index (κ3) is 2.97. The number of hydrogen-bond donors (Lipinski definition) is 0. The van der Waals surface area contributed by atoms with Crippen molar-refractivity contribution < 1.29 is 4.79 Å². The van der Waals surface area contributed by atoms with E-state index < -0.39 is 17.3 Å². The van der Waals surface area contributed by atoms with Gasteiger partial charge in [-0.05, 0) is 19.4 Å². The van der Waals surface area contributed by atoms with E-state index in [9.17, 15) is 14.4 Å². The van der Waals surface area contributed by atoms with Crippen LogP contribution in [0.15, 0.2) is 46.2 Å². The fourth-order valence-electron chi connectivity index (χ4n) is 3.33. The summed E-state index contributed by atoms with van der Waals surface area (Å²) < 4.78 is 3.93. The molecular formula is C19H23N5O3. The second-order valence-electron chi connectivity index (χ2n) is 6.35. The molecule has 0 spiro atoms. The van der Waals surface area contributed by atoms with Crippen LogP contribution in [0.4, 0.5) is 0 Å². The highest BCUT2D eigenvalue weighted by Gasteiger charge is 2.29. The highest BCUT2D eigenvalue weighted by atomic mass is 16.2. The van der Waals surface area contributed by atoms with Gasteiger partial charge in [-0.15, -0.1) is 0 Å². The van der Waals surface area contributed by atoms with Crippen LogP contribution < -0.4 is 11.2 Å². The molecule has 2 heterocycles. The smallest absolute Gasteiger partial charge is 0.332 e. The number of fused-ring (bicyclic) bond motifs is 1. The lowest BCUT2D eigenvalue weighted by molar-refractivity contribution is -0.133. The average molecular weight is 369 g/mol. The van der Waals surface area contributed by atoms with Crippen LogP contribution >= 0.6 is 0 Å². The van der Waals surface area contributed by atoms with Crippen molar-refractivity contribution in [1.29, 1.82) is 0 Å². The van der Waals surface area contributed by atoms with Gasteiger partial charge in [0.05, 0.1) is 6.33 Å². The molecule has 0 fully saturated rings. The van der Waals surface area contributed by atoms with E-state index in [1.807, 2.05) is 44.2 Å². The molecule has 0 N–H and O–H groups in total. The van der Waals surface area contributed by atoms with Gasteiger partial charge in [-0.1, -0.05) is 30.3 Å². The lowest BCUT2D eigenvalue weighted by Gasteiger charge is -2.26. The number of amides is 1. The van der Waals surface area contributed by atoms with Crippen LogP contribution in [-0.2, 0) is 18.9 Å². The summed E-state index contributed by atoms with van der Waals surface area (Å²) in [5.41, 5.74) is 0.318. The van der Waals surface area contributed by atoms with Gasteiger partial charge < -0.3 is 9.47 Å². The van der Waals surface area contributed by atoms with E-state index in [-0.39, 0.29) is 17.1 Å². The molecule has 27 heavy (non-hydrogen) atoms. The van der Waals surface area contributed by atoms with Gasteiger partial charge in [0.1, 0.15) is 6.04 Å². The number of benzene rings is 1. The van der Waals surface area contributed by atoms with Crippen molar-refractivity contribution in [2.75, 3.05) is 13.1 Å². The highest BCUT2D eigenvalue weighted by Crippen LogP contribution is 2.24. The number of carbonyl (C=O) groups excluding carboxylic acids is 1. The number of hydrogen-bond acceptors (Lipinski definition) is 4. The quantitative estimate of drug-likeness (QED) is 0.669. The molecule has 1 aromatic carbocycles. The van der Waals surface area contributed by atoms with Crippen molar-refractivity contribution in [3.63, 3.8) is 0 Å². The van der Waals surface area contributed by atoms with Gasteiger partial charge in [0.2, 0.25) is 5.91 Å². The predicted octanol–water partition coefficient (Wildman–Crippen LogP) is 0.891. The second kappa shape index (κ2) is 7.22. The summed E-state index contributed by atoms with van der Waals surface area (Å²) in [6.07, 6.45) is 1.46. The molecule has 0 bridgehead atoms. The van der Waals surface area contributed by atoms with Crippen molar-refractivity contribution in [3.05, 3.63) is 63.1 Å². The van der Waals surface area contributed by atoms with Crippen molar-refractivity contribution in [2.45, 2.75) is 19.9 Å². The number of likely N-dealkylation sites (N-methyl/N-ethyl adjacent to an activating group) is 1. The van der Waals surface area contributed by atoms with E-state index in [1.165, 1.54) is 17.9 Å². The van der Waals surface area contributed by atoms with Crippen LogP contribution in [0.25, 0.3) is 11.2 Å². The number of carbonyl (C=O) groups is 1. The SMILES string of the molecule is CCN(CC)C(=O)C(c1ccccc1)n1cnc2c1c(=O)n(C)c(=O)n2C. The Morgan fingerprint density at radius 3 is 2.30 bits per heavy atom. The fraction of sp³-hybridized carbons (Fsp3) is 0.368. The van der Waals surface area contributed by atoms with Crippen LogP contribution in [0.3, 0.4) is 0 Å². The molecule has 8 heteroatoms. The average Bonchev–Trinajstić information content (AvgIpc) is 3.11. The van der Waals surface area contributed by atoms with Gasteiger partial charge in [0.15, 0.2) is 11.2 Å². The zero-order valence-electron chi connectivity index (χ0n) is 15.9. The molecule has 0 aliphatic carbocycles. The first-order chi connectivity index (χ1) is 12.9. The number of nitrogens with zero attached hydrogens (tertiary/aromatic N) is 5. The number of imidazole rings is 1. The van der Waals surface area contributed by atoms with Gasteiger partial charge >= 0.3 is 5.69 Å². The van der Waals surface area contributed by atoms with Crippen molar-refractivity contribution in [1.82, 2.24) is 23.6 Å². The van der Waals surface area contributed by atoms with E-state index in [1.54, 1.807) is 16.5 Å². The standard InChI is InChI=1S/C19H23N5O3/c1-5-23(6-2)18(26)14(13-10-8-7-9-11-13)24-12-20-16-15(24)17(25)22(4)19(27)21(16)3/h7-12,14H,5-6H2,1-4H3. The molecule has 0 saturated carbocycles. The molecule has 1 unspecified atom stereocenters. The Balaban J connectivity index is 2.33. The minimum absolute atomic E-state index is 0.124. The molecule has 142 valence electrons. The number of rotatable bonds is 5. The Morgan fingerprint density at radius 2 is 1.70 bits per heavy atom. The van der Waals surface area contributed by atoms with Crippen LogP contribution in [-0.4, -0.2) is 42.6 Å². The minimum atomic E-state index is -0.735. The maximum absolute atomic E-state index is 13.3. The van der Waals surface area contributed by atoms with E-state index in [0.29, 0.717) is 13.1 Å². The van der Waals surface area contributed by atoms with Crippen LogP contribution in [0, 0.1) is 0 Å². The largest absolute Gasteiger partial charge is 0.341 e. The first kappa shape index (κ1) is 18.6.